The van der Waals surface area contributed by atoms with Crippen LogP contribution in [0.25, 0.3) is 27.7 Å². The van der Waals surface area contributed by atoms with E-state index in [0.29, 0.717) is 18.2 Å². The maximum atomic E-state index is 12.3. The largest absolute Gasteiger partial charge is 0.354 e. The van der Waals surface area contributed by atoms with Gasteiger partial charge in [-0.25, -0.2) is 8.78 Å². The van der Waals surface area contributed by atoms with Crippen LogP contribution in [-0.2, 0) is 0 Å². The number of H-pyrrole nitrogens is 1. The van der Waals surface area contributed by atoms with Gasteiger partial charge in [-0.15, -0.1) is 0 Å². The highest BCUT2D eigenvalue weighted by Crippen LogP contribution is 2.29. The third-order valence-corrected chi connectivity index (χ3v) is 5.92. The van der Waals surface area contributed by atoms with Gasteiger partial charge < -0.3 is 10.6 Å². The van der Waals surface area contributed by atoms with Gasteiger partial charge in [-0.1, -0.05) is 24.8 Å². The molecular weight excluding hydrogens is 422 g/mol. The third kappa shape index (κ3) is 5.57. The van der Waals surface area contributed by atoms with E-state index >= 15 is 0 Å². The summed E-state index contributed by atoms with van der Waals surface area (Å²) in [5, 5.41) is 19.7. The van der Waals surface area contributed by atoms with Gasteiger partial charge in [0.25, 0.3) is 0 Å². The molecule has 1 aliphatic rings. The van der Waals surface area contributed by atoms with Crippen LogP contribution in [0.2, 0.25) is 0 Å². The lowest BCUT2D eigenvalue weighted by molar-refractivity contribution is 0.139. The number of nitrogens with zero attached hydrogens (tertiary/aromatic N) is 3. The van der Waals surface area contributed by atoms with E-state index in [1.807, 2.05) is 25.3 Å². The summed E-state index contributed by atoms with van der Waals surface area (Å²) in [6.45, 7) is 8.08. The topological polar surface area (TPSA) is 70.6 Å². The van der Waals surface area contributed by atoms with Crippen LogP contribution in [0.1, 0.15) is 44.3 Å². The Morgan fingerprint density at radius 2 is 2.12 bits per heavy atom. The second kappa shape index (κ2) is 10.6. The second-order valence-electron chi connectivity index (χ2n) is 8.24. The molecule has 6 nitrogen and oxygen atoms in total. The quantitative estimate of drug-likeness (QED) is 0.379. The number of aromatic nitrogens is 4. The van der Waals surface area contributed by atoms with Crippen LogP contribution in [0.15, 0.2) is 61.1 Å². The summed E-state index contributed by atoms with van der Waals surface area (Å²) in [4.78, 5) is 0. The first kappa shape index (κ1) is 22.9. The summed E-state index contributed by atoms with van der Waals surface area (Å²) >= 11 is 0. The number of piperidine rings is 1. The van der Waals surface area contributed by atoms with E-state index in [1.165, 1.54) is 0 Å². The first-order valence-electron chi connectivity index (χ1n) is 11.4. The molecule has 8 heteroatoms. The summed E-state index contributed by atoms with van der Waals surface area (Å²) in [5.74, 6) is 0. The van der Waals surface area contributed by atoms with E-state index in [9.17, 15) is 8.78 Å². The minimum Gasteiger partial charge on any atom is -0.354 e. The fourth-order valence-electron chi connectivity index (χ4n) is 4.06. The van der Waals surface area contributed by atoms with Crippen molar-refractivity contribution in [1.82, 2.24) is 30.6 Å². The average Bonchev–Trinajstić information content (AvgIpc) is 3.48. The standard InChI is InChI=1S/C25H30F2N6/c1-3-20(6-4-5-7-24(26)27)30-17(2)25-22-14-18(8-9-23(22)31-32-25)19-15-29-33(16-19)21-10-12-28-13-11-21/h3-4,6,8-9,14-16,21,24,28,30H,2,5,7,10-13H2,1H3,(H,31,32)/b6-4-,20-3+. The molecule has 2 aromatic heterocycles. The van der Waals surface area contributed by atoms with Crippen LogP contribution < -0.4 is 10.6 Å². The zero-order chi connectivity index (χ0) is 23.2. The number of alkyl halides is 2. The zero-order valence-electron chi connectivity index (χ0n) is 18.8. The average molecular weight is 453 g/mol. The first-order chi connectivity index (χ1) is 16.0. The molecule has 3 N–H and O–H groups in total. The molecular formula is C25H30F2N6. The third-order valence-electron chi connectivity index (χ3n) is 5.92. The second-order valence-corrected chi connectivity index (χ2v) is 8.24. The number of aromatic amines is 1. The molecule has 0 saturated carbocycles. The van der Waals surface area contributed by atoms with Gasteiger partial charge in [0, 0.05) is 29.3 Å². The van der Waals surface area contributed by atoms with Gasteiger partial charge in [-0.2, -0.15) is 10.2 Å². The lowest BCUT2D eigenvalue weighted by Crippen LogP contribution is -2.29. The molecule has 3 heterocycles. The Morgan fingerprint density at radius 1 is 1.30 bits per heavy atom. The maximum Gasteiger partial charge on any atom is 0.238 e. The van der Waals surface area contributed by atoms with E-state index in [1.54, 1.807) is 12.2 Å². The van der Waals surface area contributed by atoms with Crippen LogP contribution in [0.5, 0.6) is 0 Å². The minimum atomic E-state index is -2.29. The van der Waals surface area contributed by atoms with Gasteiger partial charge in [0.15, 0.2) is 0 Å². The van der Waals surface area contributed by atoms with E-state index in [0.717, 1.165) is 59.4 Å². The van der Waals surface area contributed by atoms with Crippen molar-refractivity contribution in [2.75, 3.05) is 13.1 Å². The van der Waals surface area contributed by atoms with Crippen molar-refractivity contribution in [1.29, 1.82) is 0 Å². The van der Waals surface area contributed by atoms with Crippen molar-refractivity contribution in [3.05, 3.63) is 66.8 Å². The fraction of sp³-hybridized carbons (Fsp3) is 0.360. The summed E-state index contributed by atoms with van der Waals surface area (Å²) in [6, 6.07) is 6.61. The van der Waals surface area contributed by atoms with E-state index in [2.05, 4.69) is 55.5 Å². The molecule has 1 aliphatic heterocycles. The number of allylic oxidation sites excluding steroid dienone is 3. The van der Waals surface area contributed by atoms with E-state index < -0.39 is 6.43 Å². The molecule has 1 aromatic carbocycles. The van der Waals surface area contributed by atoms with Crippen molar-refractivity contribution in [2.45, 2.75) is 45.1 Å². The Kier molecular flexibility index (Phi) is 7.34. The predicted molar refractivity (Wildman–Crippen MR) is 129 cm³/mol. The van der Waals surface area contributed by atoms with Crippen LogP contribution in [0.4, 0.5) is 8.78 Å². The molecule has 1 fully saturated rings. The lowest BCUT2D eigenvalue weighted by atomic mass is 10.0. The zero-order valence-corrected chi connectivity index (χ0v) is 18.8. The van der Waals surface area contributed by atoms with E-state index in [-0.39, 0.29) is 6.42 Å². The van der Waals surface area contributed by atoms with Gasteiger partial charge in [-0.3, -0.25) is 9.78 Å². The summed E-state index contributed by atoms with van der Waals surface area (Å²) in [5.41, 5.74) is 5.18. The van der Waals surface area contributed by atoms with Gasteiger partial charge in [0.1, 0.15) is 5.69 Å². The monoisotopic (exact) mass is 452 g/mol. The van der Waals surface area contributed by atoms with Crippen LogP contribution in [-0.4, -0.2) is 39.5 Å². The molecule has 0 aliphatic carbocycles. The SMILES string of the molecule is C=C(NC(/C=C\CCC(F)F)=C/C)c1n[nH]c2ccc(-c3cnn(C4CCNCC4)c3)cc12. The summed E-state index contributed by atoms with van der Waals surface area (Å²) < 4.78 is 26.8. The molecule has 33 heavy (non-hydrogen) atoms. The molecule has 174 valence electrons. The molecule has 0 amide bonds. The number of rotatable bonds is 9. The molecule has 0 atom stereocenters. The highest BCUT2D eigenvalue weighted by Gasteiger charge is 2.17. The van der Waals surface area contributed by atoms with Gasteiger partial charge in [-0.05, 0) is 63.0 Å². The van der Waals surface area contributed by atoms with E-state index in [4.69, 9.17) is 0 Å². The molecule has 4 rings (SSSR count). The number of fused-ring (bicyclic) bond motifs is 1. The van der Waals surface area contributed by atoms with Gasteiger partial charge in [0.2, 0.25) is 6.43 Å². The smallest absolute Gasteiger partial charge is 0.238 e. The molecule has 0 bridgehead atoms. The number of nitrogens with one attached hydrogen (secondary N) is 3. The molecule has 0 radical (unpaired) electrons. The molecule has 3 aromatic rings. The van der Waals surface area contributed by atoms with Crippen LogP contribution in [0, 0.1) is 0 Å². The Balaban J connectivity index is 1.51. The Hall–Kier alpha value is -3.26. The van der Waals surface area contributed by atoms with Crippen molar-refractivity contribution in [2.24, 2.45) is 0 Å². The van der Waals surface area contributed by atoms with Crippen molar-refractivity contribution in [3.63, 3.8) is 0 Å². The van der Waals surface area contributed by atoms with Gasteiger partial charge in [0.05, 0.1) is 23.5 Å². The maximum absolute atomic E-state index is 12.3. The predicted octanol–water partition coefficient (Wildman–Crippen LogP) is 5.42. The normalized spacial score (nSPS) is 15.7. The number of hydrogen-bond donors (Lipinski definition) is 3. The van der Waals surface area contributed by atoms with Crippen molar-refractivity contribution in [3.8, 4) is 11.1 Å². The number of halogens is 2. The van der Waals surface area contributed by atoms with Crippen molar-refractivity contribution < 1.29 is 8.78 Å². The number of benzene rings is 1. The van der Waals surface area contributed by atoms with Crippen LogP contribution >= 0.6 is 0 Å². The Bertz CT molecular complexity index is 1150. The summed E-state index contributed by atoms with van der Waals surface area (Å²) in [7, 11) is 0. The van der Waals surface area contributed by atoms with Crippen LogP contribution in [0.3, 0.4) is 0 Å². The van der Waals surface area contributed by atoms with Crippen molar-refractivity contribution >= 4 is 16.6 Å². The highest BCUT2D eigenvalue weighted by atomic mass is 19.3. The van der Waals surface area contributed by atoms with Gasteiger partial charge >= 0.3 is 0 Å². The number of hydrogen-bond acceptors (Lipinski definition) is 4. The molecule has 1 saturated heterocycles. The summed E-state index contributed by atoms with van der Waals surface area (Å²) in [6.07, 6.45) is 9.50. The fourth-order valence-corrected chi connectivity index (χ4v) is 4.06. The minimum absolute atomic E-state index is 0.143. The first-order valence-corrected chi connectivity index (χ1v) is 11.4. The Labute approximate surface area is 192 Å². The molecule has 0 spiro atoms. The highest BCUT2D eigenvalue weighted by molar-refractivity contribution is 5.92. The Morgan fingerprint density at radius 3 is 2.88 bits per heavy atom. The molecule has 0 unspecified atom stereocenters. The lowest BCUT2D eigenvalue weighted by Gasteiger charge is -2.22.